The molecule has 4 aliphatic carbocycles. The Labute approximate surface area is 131 Å². The number of nitrogens with zero attached hydrogens (tertiary/aromatic N) is 1. The van der Waals surface area contributed by atoms with E-state index in [-0.39, 0.29) is 0 Å². The lowest BCUT2D eigenvalue weighted by Gasteiger charge is -2.54. The number of likely N-dealkylation sites (tertiary alicyclic amines) is 1. The third kappa shape index (κ3) is 3.17. The molecule has 1 aliphatic heterocycles. The van der Waals surface area contributed by atoms with Crippen LogP contribution in [0.4, 0.5) is 0 Å². The molecule has 120 valence electrons. The maximum Gasteiger partial charge on any atom is 0.0124 e. The van der Waals surface area contributed by atoms with Crippen molar-refractivity contribution in [1.29, 1.82) is 0 Å². The van der Waals surface area contributed by atoms with Gasteiger partial charge in [0.2, 0.25) is 0 Å². The first-order valence-corrected chi connectivity index (χ1v) is 9.73. The Morgan fingerprint density at radius 3 is 2.14 bits per heavy atom. The van der Waals surface area contributed by atoms with Gasteiger partial charge in [-0.15, -0.1) is 0 Å². The Hall–Kier alpha value is -0.0800. The van der Waals surface area contributed by atoms with Crippen LogP contribution in [-0.2, 0) is 0 Å². The van der Waals surface area contributed by atoms with E-state index in [0.29, 0.717) is 0 Å². The Bertz CT molecular complexity index is 319. The lowest BCUT2D eigenvalue weighted by atomic mass is 9.54. The summed E-state index contributed by atoms with van der Waals surface area (Å²) in [5.41, 5.74) is 0. The van der Waals surface area contributed by atoms with Crippen molar-refractivity contribution < 1.29 is 0 Å². The number of rotatable bonds is 5. The summed E-state index contributed by atoms with van der Waals surface area (Å²) in [4.78, 5) is 2.70. The van der Waals surface area contributed by atoms with E-state index in [4.69, 9.17) is 0 Å². The van der Waals surface area contributed by atoms with E-state index in [1.54, 1.807) is 32.1 Å². The first kappa shape index (κ1) is 14.5. The van der Waals surface area contributed by atoms with Crippen molar-refractivity contribution in [1.82, 2.24) is 10.2 Å². The van der Waals surface area contributed by atoms with Gasteiger partial charge in [-0.2, -0.15) is 0 Å². The highest BCUT2D eigenvalue weighted by Gasteiger charge is 2.47. The second-order valence-electron chi connectivity index (χ2n) is 8.83. The summed E-state index contributed by atoms with van der Waals surface area (Å²) < 4.78 is 0. The summed E-state index contributed by atoms with van der Waals surface area (Å²) in [6.45, 7) is 7.73. The van der Waals surface area contributed by atoms with Crippen LogP contribution in [0.5, 0.6) is 0 Å². The molecule has 1 N–H and O–H groups in total. The highest BCUT2D eigenvalue weighted by atomic mass is 15.1. The Kier molecular flexibility index (Phi) is 4.28. The molecule has 21 heavy (non-hydrogen) atoms. The zero-order chi connectivity index (χ0) is 14.2. The normalized spacial score (nSPS) is 44.1. The first-order valence-electron chi connectivity index (χ1n) is 9.73. The second-order valence-corrected chi connectivity index (χ2v) is 8.83. The van der Waals surface area contributed by atoms with Gasteiger partial charge in [-0.1, -0.05) is 13.3 Å². The van der Waals surface area contributed by atoms with Crippen molar-refractivity contribution in [3.63, 3.8) is 0 Å². The number of hydrogen-bond donors (Lipinski definition) is 1. The highest BCUT2D eigenvalue weighted by Crippen LogP contribution is 2.53. The Morgan fingerprint density at radius 1 is 0.905 bits per heavy atom. The smallest absolute Gasteiger partial charge is 0.0124 e. The van der Waals surface area contributed by atoms with Gasteiger partial charge in [0, 0.05) is 12.6 Å². The minimum Gasteiger partial charge on any atom is -0.313 e. The molecule has 5 rings (SSSR count). The molecule has 0 aromatic heterocycles. The molecule has 4 saturated carbocycles. The van der Waals surface area contributed by atoms with Crippen molar-refractivity contribution in [2.75, 3.05) is 26.2 Å². The van der Waals surface area contributed by atoms with Crippen LogP contribution >= 0.6 is 0 Å². The minimum absolute atomic E-state index is 0.820. The van der Waals surface area contributed by atoms with Crippen LogP contribution in [-0.4, -0.2) is 37.1 Å². The molecule has 0 amide bonds. The van der Waals surface area contributed by atoms with Gasteiger partial charge in [-0.3, -0.25) is 0 Å². The van der Waals surface area contributed by atoms with Crippen molar-refractivity contribution >= 4 is 0 Å². The van der Waals surface area contributed by atoms with Crippen molar-refractivity contribution in [3.8, 4) is 0 Å². The van der Waals surface area contributed by atoms with Gasteiger partial charge in [0.1, 0.15) is 0 Å². The standard InChI is InChI=1S/C19H34N2/c1-14(13-21-5-3-2-4-6-21)12-20-19-17-8-15-7-16(10-17)11-18(19)9-15/h14-20H,2-13H2,1H3. The molecule has 0 aromatic carbocycles. The first-order chi connectivity index (χ1) is 10.3. The van der Waals surface area contributed by atoms with E-state index >= 15 is 0 Å². The third-order valence-corrected chi connectivity index (χ3v) is 6.95. The number of hydrogen-bond acceptors (Lipinski definition) is 2. The molecule has 1 atom stereocenters. The molecule has 2 heteroatoms. The molecule has 5 fully saturated rings. The summed E-state index contributed by atoms with van der Waals surface area (Å²) in [5, 5.41) is 4.03. The molecule has 4 bridgehead atoms. The lowest BCUT2D eigenvalue weighted by molar-refractivity contribution is -0.0150. The van der Waals surface area contributed by atoms with Crippen LogP contribution in [0.2, 0.25) is 0 Å². The van der Waals surface area contributed by atoms with Crippen LogP contribution in [0.15, 0.2) is 0 Å². The fourth-order valence-electron chi connectivity index (χ4n) is 6.24. The van der Waals surface area contributed by atoms with Gasteiger partial charge < -0.3 is 10.2 Å². The molecule has 1 unspecified atom stereocenters. The average Bonchev–Trinajstić information content (AvgIpc) is 2.47. The quantitative estimate of drug-likeness (QED) is 0.833. The fourth-order valence-corrected chi connectivity index (χ4v) is 6.24. The van der Waals surface area contributed by atoms with Crippen molar-refractivity contribution in [2.24, 2.45) is 29.6 Å². The maximum absolute atomic E-state index is 4.03. The van der Waals surface area contributed by atoms with E-state index in [1.807, 2.05) is 0 Å². The average molecular weight is 290 g/mol. The molecule has 1 heterocycles. The fraction of sp³-hybridized carbons (Fsp3) is 1.00. The van der Waals surface area contributed by atoms with Gasteiger partial charge >= 0.3 is 0 Å². The minimum atomic E-state index is 0.820. The summed E-state index contributed by atoms with van der Waals surface area (Å²) in [6.07, 6.45) is 12.1. The zero-order valence-electron chi connectivity index (χ0n) is 13.9. The second kappa shape index (κ2) is 6.20. The molecule has 0 aromatic rings. The highest BCUT2D eigenvalue weighted by molar-refractivity contribution is 5.01. The van der Waals surface area contributed by atoms with Crippen molar-refractivity contribution in [3.05, 3.63) is 0 Å². The largest absolute Gasteiger partial charge is 0.313 e. The number of nitrogens with one attached hydrogen (secondary N) is 1. The van der Waals surface area contributed by atoms with Crippen LogP contribution in [0.3, 0.4) is 0 Å². The van der Waals surface area contributed by atoms with Gasteiger partial charge in [0.05, 0.1) is 0 Å². The van der Waals surface area contributed by atoms with Crippen LogP contribution in [0, 0.1) is 29.6 Å². The molecule has 5 aliphatic rings. The predicted octanol–water partition coefficient (Wildman–Crippen LogP) is 3.52. The van der Waals surface area contributed by atoms with E-state index in [0.717, 1.165) is 35.6 Å². The van der Waals surface area contributed by atoms with E-state index < -0.39 is 0 Å². The summed E-state index contributed by atoms with van der Waals surface area (Å²) in [6, 6.07) is 0.876. The van der Waals surface area contributed by atoms with Gasteiger partial charge in [0.25, 0.3) is 0 Å². The topological polar surface area (TPSA) is 15.3 Å². The Balaban J connectivity index is 1.25. The molecule has 0 spiro atoms. The summed E-state index contributed by atoms with van der Waals surface area (Å²) in [5.74, 6) is 5.10. The summed E-state index contributed by atoms with van der Waals surface area (Å²) >= 11 is 0. The van der Waals surface area contributed by atoms with E-state index in [1.165, 1.54) is 45.4 Å². The maximum atomic E-state index is 4.03. The SMILES string of the molecule is CC(CNC1C2CC3CC(C2)CC1C3)CN1CCCCC1. The van der Waals surface area contributed by atoms with Crippen molar-refractivity contribution in [2.45, 2.75) is 64.3 Å². The predicted molar refractivity (Wildman–Crippen MR) is 88.3 cm³/mol. The molecule has 0 radical (unpaired) electrons. The lowest BCUT2D eigenvalue weighted by Crippen LogP contribution is -2.55. The molecular formula is C19H34N2. The zero-order valence-corrected chi connectivity index (χ0v) is 13.9. The van der Waals surface area contributed by atoms with Crippen LogP contribution in [0.25, 0.3) is 0 Å². The summed E-state index contributed by atoms with van der Waals surface area (Å²) in [7, 11) is 0. The van der Waals surface area contributed by atoms with E-state index in [9.17, 15) is 0 Å². The van der Waals surface area contributed by atoms with Gasteiger partial charge in [0.15, 0.2) is 0 Å². The Morgan fingerprint density at radius 2 is 1.52 bits per heavy atom. The molecule has 1 saturated heterocycles. The monoisotopic (exact) mass is 290 g/mol. The van der Waals surface area contributed by atoms with Gasteiger partial charge in [-0.25, -0.2) is 0 Å². The van der Waals surface area contributed by atoms with Gasteiger partial charge in [-0.05, 0) is 94.2 Å². The molecular weight excluding hydrogens is 256 g/mol. The molecule has 2 nitrogen and oxygen atoms in total. The number of piperidine rings is 1. The van der Waals surface area contributed by atoms with Crippen LogP contribution < -0.4 is 5.32 Å². The third-order valence-electron chi connectivity index (χ3n) is 6.95. The van der Waals surface area contributed by atoms with E-state index in [2.05, 4.69) is 17.1 Å². The van der Waals surface area contributed by atoms with Crippen LogP contribution in [0.1, 0.15) is 58.3 Å².